The highest BCUT2D eigenvalue weighted by atomic mass is 16.5. The predicted molar refractivity (Wildman–Crippen MR) is 199 cm³/mol. The zero-order valence-electron chi connectivity index (χ0n) is 30.6. The number of ether oxygens (including phenoxy) is 2. The molecule has 0 radical (unpaired) electrons. The van der Waals surface area contributed by atoms with Crippen LogP contribution in [-0.4, -0.2) is 6.71 Å². The van der Waals surface area contributed by atoms with Crippen LogP contribution in [0.3, 0.4) is 0 Å². The van der Waals surface area contributed by atoms with Gasteiger partial charge in [0.15, 0.2) is 0 Å². The van der Waals surface area contributed by atoms with Gasteiger partial charge >= 0.3 is 0 Å². The smallest absolute Gasteiger partial charge is 0.260 e. The van der Waals surface area contributed by atoms with Crippen LogP contribution in [0.1, 0.15) is 6.85 Å². The van der Waals surface area contributed by atoms with Gasteiger partial charge in [0.05, 0.1) is 18.2 Å². The van der Waals surface area contributed by atoms with Crippen molar-refractivity contribution >= 4 is 61.7 Å². The van der Waals surface area contributed by atoms with Crippen molar-refractivity contribution in [1.82, 2.24) is 0 Å². The molecule has 0 aliphatic carbocycles. The summed E-state index contributed by atoms with van der Waals surface area (Å²) in [6, 6.07) is 44.3. The summed E-state index contributed by atoms with van der Waals surface area (Å²) in [7, 11) is 0. The van der Waals surface area contributed by atoms with E-state index in [1.807, 2.05) is 121 Å². The Hall–Kier alpha value is -6.26. The third kappa shape index (κ3) is 4.03. The van der Waals surface area contributed by atoms with Crippen LogP contribution < -0.4 is 30.8 Å². The molecular formula is C44H28BNO2. The number of nitrogens with zero attached hydrogens (tertiary/aromatic N) is 1. The van der Waals surface area contributed by atoms with Gasteiger partial charge in [-0.3, -0.25) is 0 Å². The molecule has 2 aliphatic rings. The van der Waals surface area contributed by atoms with Gasteiger partial charge in [0.2, 0.25) is 0 Å². The SMILES string of the molecule is [2H]c1c([2H])c([2H])c(-c2c(N(c3ccccc3)c3cc4c5c(c3)Oc3ccccc3B5c3ccccc3O4)c3ccccc3c3ccccc23)c([2H])c1[2H]. The van der Waals surface area contributed by atoms with E-state index in [1.54, 1.807) is 0 Å². The summed E-state index contributed by atoms with van der Waals surface area (Å²) in [5.41, 5.74) is 5.91. The molecule has 4 heteroatoms. The summed E-state index contributed by atoms with van der Waals surface area (Å²) in [6.45, 7) is -0.0998. The number of hydrogen-bond acceptors (Lipinski definition) is 3. The minimum absolute atomic E-state index is 0.0998. The normalized spacial score (nSPS) is 13.9. The number of rotatable bonds is 4. The fourth-order valence-corrected chi connectivity index (χ4v) is 7.48. The lowest BCUT2D eigenvalue weighted by molar-refractivity contribution is 0.465. The second-order valence-corrected chi connectivity index (χ2v) is 12.1. The van der Waals surface area contributed by atoms with Crippen molar-refractivity contribution < 1.29 is 16.3 Å². The second kappa shape index (κ2) is 10.6. The molecule has 0 fully saturated rings. The van der Waals surface area contributed by atoms with Crippen molar-refractivity contribution in [2.45, 2.75) is 0 Å². The fraction of sp³-hybridized carbons (Fsp3) is 0. The largest absolute Gasteiger partial charge is 0.458 e. The van der Waals surface area contributed by atoms with Gasteiger partial charge in [-0.2, -0.15) is 0 Å². The monoisotopic (exact) mass is 618 g/mol. The quantitative estimate of drug-likeness (QED) is 0.145. The maximum absolute atomic E-state index is 9.23. The van der Waals surface area contributed by atoms with Gasteiger partial charge in [-0.05, 0) is 56.9 Å². The lowest BCUT2D eigenvalue weighted by Crippen LogP contribution is -2.57. The molecule has 0 unspecified atom stereocenters. The number of benzene rings is 8. The van der Waals surface area contributed by atoms with Crippen LogP contribution in [0.15, 0.2) is 170 Å². The molecule has 2 heterocycles. The minimum atomic E-state index is -0.437. The summed E-state index contributed by atoms with van der Waals surface area (Å²) in [4.78, 5) is 2.10. The van der Waals surface area contributed by atoms with E-state index in [1.165, 1.54) is 0 Å². The van der Waals surface area contributed by atoms with Gasteiger partial charge in [-0.1, -0.05) is 133 Å². The van der Waals surface area contributed by atoms with Gasteiger partial charge in [-0.15, -0.1) is 0 Å². The van der Waals surface area contributed by atoms with Gasteiger partial charge < -0.3 is 14.4 Å². The zero-order chi connectivity index (χ0) is 36.0. The molecule has 10 rings (SSSR count). The highest BCUT2D eigenvalue weighted by molar-refractivity contribution is 6.98. The Balaban J connectivity index is 1.35. The Labute approximate surface area is 286 Å². The van der Waals surface area contributed by atoms with Crippen LogP contribution in [0.4, 0.5) is 17.1 Å². The van der Waals surface area contributed by atoms with E-state index in [0.717, 1.165) is 60.8 Å². The molecule has 3 nitrogen and oxygen atoms in total. The summed E-state index contributed by atoms with van der Waals surface area (Å²) in [5, 5.41) is 3.48. The van der Waals surface area contributed by atoms with Crippen LogP contribution in [-0.2, 0) is 0 Å². The van der Waals surface area contributed by atoms with Crippen molar-refractivity contribution in [1.29, 1.82) is 0 Å². The molecular weight excluding hydrogens is 585 g/mol. The molecule has 0 saturated carbocycles. The highest BCUT2D eigenvalue weighted by Gasteiger charge is 2.40. The molecule has 0 bridgehead atoms. The number of para-hydroxylation sites is 3. The van der Waals surface area contributed by atoms with E-state index in [9.17, 15) is 2.74 Å². The first-order valence-corrected chi connectivity index (χ1v) is 16.0. The zero-order valence-corrected chi connectivity index (χ0v) is 25.6. The summed E-state index contributed by atoms with van der Waals surface area (Å²) >= 11 is 0. The van der Waals surface area contributed by atoms with Gasteiger partial charge in [0, 0.05) is 34.2 Å². The first-order chi connectivity index (χ1) is 25.9. The maximum Gasteiger partial charge on any atom is 0.260 e. The average Bonchev–Trinajstić information content (AvgIpc) is 3.20. The third-order valence-corrected chi connectivity index (χ3v) is 9.43. The third-order valence-electron chi connectivity index (χ3n) is 9.43. The highest BCUT2D eigenvalue weighted by Crippen LogP contribution is 2.50. The van der Waals surface area contributed by atoms with Gasteiger partial charge in [-0.25, -0.2) is 0 Å². The Bertz CT molecular complexity index is 2730. The second-order valence-electron chi connectivity index (χ2n) is 12.1. The fourth-order valence-electron chi connectivity index (χ4n) is 7.48. The maximum atomic E-state index is 9.23. The molecule has 224 valence electrons. The minimum Gasteiger partial charge on any atom is -0.458 e. The van der Waals surface area contributed by atoms with Crippen LogP contribution in [0.2, 0.25) is 0 Å². The molecule has 0 saturated heterocycles. The van der Waals surface area contributed by atoms with Crippen LogP contribution in [0.5, 0.6) is 23.0 Å². The Kier molecular flexibility index (Phi) is 4.95. The van der Waals surface area contributed by atoms with E-state index >= 15 is 0 Å². The molecule has 8 aromatic rings. The van der Waals surface area contributed by atoms with Crippen molar-refractivity contribution in [3.8, 4) is 34.1 Å². The van der Waals surface area contributed by atoms with Gasteiger partial charge in [0.25, 0.3) is 6.71 Å². The van der Waals surface area contributed by atoms with Crippen molar-refractivity contribution in [3.05, 3.63) is 170 Å². The topological polar surface area (TPSA) is 21.7 Å². The Morgan fingerprint density at radius 2 is 1.00 bits per heavy atom. The van der Waals surface area contributed by atoms with E-state index in [0.29, 0.717) is 22.7 Å². The number of anilines is 3. The molecule has 0 spiro atoms. The standard InChI is InChI=1S/C44H28BNO2/c1-3-15-29(16-4-1)42-34-21-9-7-19-32(34)33-20-8-10-22-35(33)44(42)46(30-17-5-2-6-18-30)31-27-40-43-41(28-31)48-39-26-14-12-24-37(39)45(43)36-23-11-13-25-38(36)47-40/h1-28H/i1D,3D,4D,15D,16D. The molecule has 0 amide bonds. The number of hydrogen-bond donors (Lipinski definition) is 0. The van der Waals surface area contributed by atoms with E-state index < -0.39 is 6.04 Å². The van der Waals surface area contributed by atoms with Crippen molar-refractivity contribution in [2.75, 3.05) is 4.90 Å². The first kappa shape index (κ1) is 22.3. The first-order valence-electron chi connectivity index (χ1n) is 18.5. The lowest BCUT2D eigenvalue weighted by Gasteiger charge is -2.35. The Morgan fingerprint density at radius 1 is 0.479 bits per heavy atom. The average molecular weight is 619 g/mol. The summed E-state index contributed by atoms with van der Waals surface area (Å²) in [6.07, 6.45) is 0. The van der Waals surface area contributed by atoms with Crippen LogP contribution in [0, 0.1) is 0 Å². The lowest BCUT2D eigenvalue weighted by atomic mass is 9.35. The summed E-state index contributed by atoms with van der Waals surface area (Å²) < 4.78 is 57.7. The molecule has 48 heavy (non-hydrogen) atoms. The predicted octanol–water partition coefficient (Wildman–Crippen LogP) is 9.86. The molecule has 0 aromatic heterocycles. The van der Waals surface area contributed by atoms with E-state index in [4.69, 9.17) is 13.6 Å². The summed E-state index contributed by atoms with van der Waals surface area (Å²) in [5.74, 6) is 2.86. The van der Waals surface area contributed by atoms with Gasteiger partial charge in [0.1, 0.15) is 23.0 Å². The molecule has 0 N–H and O–H groups in total. The van der Waals surface area contributed by atoms with E-state index in [-0.39, 0.29) is 36.4 Å². The number of fused-ring (bicyclic) bond motifs is 7. The Morgan fingerprint density at radius 3 is 1.65 bits per heavy atom. The van der Waals surface area contributed by atoms with E-state index in [2.05, 4.69) is 23.1 Å². The van der Waals surface area contributed by atoms with Crippen molar-refractivity contribution in [3.63, 3.8) is 0 Å². The van der Waals surface area contributed by atoms with Crippen LogP contribution in [0.25, 0.3) is 32.7 Å². The molecule has 0 atom stereocenters. The van der Waals surface area contributed by atoms with Crippen molar-refractivity contribution in [2.24, 2.45) is 0 Å². The molecule has 2 aliphatic heterocycles. The van der Waals surface area contributed by atoms with Crippen LogP contribution >= 0.6 is 0 Å². The molecule has 8 aromatic carbocycles.